The molecule has 0 aliphatic carbocycles. The molecule has 1 aromatic rings. The predicted molar refractivity (Wildman–Crippen MR) is 68.0 cm³/mol. The minimum absolute atomic E-state index is 0.561. The molecule has 2 N–H and O–H groups in total. The summed E-state index contributed by atoms with van der Waals surface area (Å²) < 4.78 is 5.41. The Morgan fingerprint density at radius 2 is 1.88 bits per heavy atom. The third-order valence-corrected chi connectivity index (χ3v) is 3.43. The monoisotopic (exact) mass is 220 g/mol. The average Bonchev–Trinajstić information content (AvgIpc) is 2.58. The molecule has 0 radical (unpaired) electrons. The Hall–Kier alpha value is -1.38. The molecule has 0 bridgehead atoms. The van der Waals surface area contributed by atoms with Gasteiger partial charge in [-0.25, -0.2) is 0 Å². The van der Waals surface area contributed by atoms with E-state index in [9.17, 15) is 0 Å². The summed E-state index contributed by atoms with van der Waals surface area (Å²) in [5, 5.41) is 0. The third kappa shape index (κ3) is 1.82. The molecule has 1 aliphatic rings. The van der Waals surface area contributed by atoms with Gasteiger partial charge in [-0.1, -0.05) is 0 Å². The molecule has 1 aromatic carbocycles. The number of nitrogens with two attached hydrogens (primary N) is 1. The van der Waals surface area contributed by atoms with Gasteiger partial charge >= 0.3 is 0 Å². The average molecular weight is 220 g/mol. The zero-order valence-electron chi connectivity index (χ0n) is 10.2. The van der Waals surface area contributed by atoms with Crippen LogP contribution in [0.2, 0.25) is 0 Å². The van der Waals surface area contributed by atoms with Crippen LogP contribution in [0.4, 0.5) is 11.4 Å². The van der Waals surface area contributed by atoms with Crippen molar-refractivity contribution in [2.45, 2.75) is 38.8 Å². The first kappa shape index (κ1) is 11.1. The summed E-state index contributed by atoms with van der Waals surface area (Å²) in [7, 11) is 1.71. The van der Waals surface area contributed by atoms with Gasteiger partial charge in [0.2, 0.25) is 0 Å². The van der Waals surface area contributed by atoms with Gasteiger partial charge in [0.15, 0.2) is 0 Å². The Kier molecular flexibility index (Phi) is 2.95. The lowest BCUT2D eigenvalue weighted by atomic mass is 10.2. The lowest BCUT2D eigenvalue weighted by Crippen LogP contribution is -2.32. The van der Waals surface area contributed by atoms with Gasteiger partial charge in [0, 0.05) is 17.8 Å². The van der Waals surface area contributed by atoms with Gasteiger partial charge in [-0.3, -0.25) is 0 Å². The largest absolute Gasteiger partial charge is 0.495 e. The predicted octanol–water partition coefficient (Wildman–Crippen LogP) is 2.65. The van der Waals surface area contributed by atoms with Gasteiger partial charge in [-0.05, 0) is 44.9 Å². The van der Waals surface area contributed by atoms with Crippen molar-refractivity contribution >= 4 is 11.4 Å². The summed E-state index contributed by atoms with van der Waals surface area (Å²) in [5.41, 5.74) is 7.78. The molecule has 1 aliphatic heterocycles. The van der Waals surface area contributed by atoms with Crippen molar-refractivity contribution in [2.24, 2.45) is 0 Å². The molecule has 0 unspecified atom stereocenters. The molecule has 1 saturated heterocycles. The second kappa shape index (κ2) is 4.24. The van der Waals surface area contributed by atoms with Crippen LogP contribution in [0.1, 0.15) is 26.7 Å². The molecule has 88 valence electrons. The fraction of sp³-hybridized carbons (Fsp3) is 0.538. The van der Waals surface area contributed by atoms with E-state index in [1.165, 1.54) is 12.8 Å². The van der Waals surface area contributed by atoms with Crippen molar-refractivity contribution < 1.29 is 4.74 Å². The van der Waals surface area contributed by atoms with E-state index in [1.807, 2.05) is 18.2 Å². The molecular weight excluding hydrogens is 200 g/mol. The van der Waals surface area contributed by atoms with Gasteiger partial charge in [0.05, 0.1) is 12.8 Å². The molecule has 0 aromatic heterocycles. The van der Waals surface area contributed by atoms with Crippen LogP contribution >= 0.6 is 0 Å². The maximum absolute atomic E-state index is 5.86. The molecule has 16 heavy (non-hydrogen) atoms. The second-order valence-corrected chi connectivity index (χ2v) is 4.61. The van der Waals surface area contributed by atoms with Gasteiger partial charge < -0.3 is 15.4 Å². The fourth-order valence-electron chi connectivity index (χ4n) is 2.58. The van der Waals surface area contributed by atoms with Gasteiger partial charge in [-0.2, -0.15) is 0 Å². The zero-order valence-corrected chi connectivity index (χ0v) is 10.2. The van der Waals surface area contributed by atoms with Crippen molar-refractivity contribution in [3.05, 3.63) is 18.2 Å². The van der Waals surface area contributed by atoms with E-state index < -0.39 is 0 Å². The minimum atomic E-state index is 0.561. The van der Waals surface area contributed by atoms with E-state index in [2.05, 4.69) is 18.7 Å². The van der Waals surface area contributed by atoms with E-state index >= 15 is 0 Å². The maximum Gasteiger partial charge on any atom is 0.142 e. The molecular formula is C13H20N2O. The summed E-state index contributed by atoms with van der Waals surface area (Å²) in [5.74, 6) is 0.912. The lowest BCUT2D eigenvalue weighted by Gasteiger charge is -2.30. The van der Waals surface area contributed by atoms with Crippen LogP contribution in [0.15, 0.2) is 18.2 Å². The van der Waals surface area contributed by atoms with E-state index in [0.29, 0.717) is 12.1 Å². The Bertz CT molecular complexity index is 368. The van der Waals surface area contributed by atoms with Crippen molar-refractivity contribution in [2.75, 3.05) is 17.7 Å². The number of hydrogen-bond acceptors (Lipinski definition) is 3. The number of benzene rings is 1. The first-order valence-electron chi connectivity index (χ1n) is 5.85. The summed E-state index contributed by atoms with van der Waals surface area (Å²) in [6.07, 6.45) is 2.47. The molecule has 0 amide bonds. The number of methoxy groups -OCH3 is 1. The molecule has 3 nitrogen and oxygen atoms in total. The fourth-order valence-corrected chi connectivity index (χ4v) is 2.58. The Balaban J connectivity index is 2.41. The first-order valence-corrected chi connectivity index (χ1v) is 5.85. The third-order valence-electron chi connectivity index (χ3n) is 3.43. The standard InChI is InChI=1S/C13H20N2O/c1-9-4-5-10(2)15(9)12-8-11(14)6-7-13(12)16-3/h6-10H,4-5,14H2,1-3H3/t9-,10+. The summed E-state index contributed by atoms with van der Waals surface area (Å²) in [6, 6.07) is 6.96. The number of hydrogen-bond donors (Lipinski definition) is 1. The van der Waals surface area contributed by atoms with E-state index in [0.717, 1.165) is 17.1 Å². The van der Waals surface area contributed by atoms with Crippen molar-refractivity contribution in [3.63, 3.8) is 0 Å². The normalized spacial score (nSPS) is 24.8. The maximum atomic E-state index is 5.86. The van der Waals surface area contributed by atoms with Crippen molar-refractivity contribution in [1.29, 1.82) is 0 Å². The van der Waals surface area contributed by atoms with Crippen molar-refractivity contribution in [3.8, 4) is 5.75 Å². The Morgan fingerprint density at radius 1 is 1.25 bits per heavy atom. The highest BCUT2D eigenvalue weighted by Crippen LogP contribution is 2.37. The molecule has 0 spiro atoms. The van der Waals surface area contributed by atoms with Crippen LogP contribution < -0.4 is 15.4 Å². The number of ether oxygens (including phenoxy) is 1. The van der Waals surface area contributed by atoms with Crippen LogP contribution in [0.5, 0.6) is 5.75 Å². The number of anilines is 2. The number of rotatable bonds is 2. The van der Waals surface area contributed by atoms with Crippen LogP contribution in [-0.4, -0.2) is 19.2 Å². The molecule has 1 fully saturated rings. The highest BCUT2D eigenvalue weighted by molar-refractivity contribution is 5.66. The number of nitrogen functional groups attached to an aromatic ring is 1. The second-order valence-electron chi connectivity index (χ2n) is 4.61. The van der Waals surface area contributed by atoms with Crippen LogP contribution in [-0.2, 0) is 0 Å². The van der Waals surface area contributed by atoms with E-state index in [4.69, 9.17) is 10.5 Å². The van der Waals surface area contributed by atoms with Gasteiger partial charge in [-0.15, -0.1) is 0 Å². The van der Waals surface area contributed by atoms with Crippen molar-refractivity contribution in [1.82, 2.24) is 0 Å². The Labute approximate surface area is 97.2 Å². The van der Waals surface area contributed by atoms with Crippen LogP contribution in [0.25, 0.3) is 0 Å². The van der Waals surface area contributed by atoms with Gasteiger partial charge in [0.25, 0.3) is 0 Å². The quantitative estimate of drug-likeness (QED) is 0.779. The zero-order chi connectivity index (χ0) is 11.7. The molecule has 2 atom stereocenters. The van der Waals surface area contributed by atoms with Crippen LogP contribution in [0.3, 0.4) is 0 Å². The lowest BCUT2D eigenvalue weighted by molar-refractivity contribution is 0.413. The van der Waals surface area contributed by atoms with E-state index in [-0.39, 0.29) is 0 Å². The number of nitrogens with zero attached hydrogens (tertiary/aromatic N) is 1. The highest BCUT2D eigenvalue weighted by atomic mass is 16.5. The molecule has 3 heteroatoms. The van der Waals surface area contributed by atoms with E-state index in [1.54, 1.807) is 7.11 Å². The summed E-state index contributed by atoms with van der Waals surface area (Å²) >= 11 is 0. The minimum Gasteiger partial charge on any atom is -0.495 e. The van der Waals surface area contributed by atoms with Crippen LogP contribution in [0, 0.1) is 0 Å². The summed E-state index contributed by atoms with van der Waals surface area (Å²) in [4.78, 5) is 2.41. The molecule has 1 heterocycles. The van der Waals surface area contributed by atoms with Gasteiger partial charge in [0.1, 0.15) is 5.75 Å². The highest BCUT2D eigenvalue weighted by Gasteiger charge is 2.29. The molecule has 2 rings (SSSR count). The smallest absolute Gasteiger partial charge is 0.142 e. The SMILES string of the molecule is COc1ccc(N)cc1N1[C@H](C)CC[C@@H]1C. The Morgan fingerprint density at radius 3 is 2.44 bits per heavy atom. The topological polar surface area (TPSA) is 38.5 Å². The molecule has 0 saturated carbocycles. The summed E-state index contributed by atoms with van der Waals surface area (Å²) in [6.45, 7) is 4.51. The first-order chi connectivity index (χ1) is 7.63.